The fourth-order valence-electron chi connectivity index (χ4n) is 2.86. The van der Waals surface area contributed by atoms with Crippen LogP contribution in [0, 0.1) is 13.8 Å². The molecule has 1 aromatic carbocycles. The van der Waals surface area contributed by atoms with Gasteiger partial charge >= 0.3 is 11.9 Å². The Kier molecular flexibility index (Phi) is 7.28. The monoisotopic (exact) mass is 405 g/mol. The average Bonchev–Trinajstić information content (AvgIpc) is 2.99. The summed E-state index contributed by atoms with van der Waals surface area (Å²) in [4.78, 5) is 40.6. The second-order valence-electron chi connectivity index (χ2n) is 5.98. The number of H-pyrrole nitrogens is 1. The number of benzene rings is 1. The van der Waals surface area contributed by atoms with Crippen molar-refractivity contribution in [1.82, 2.24) is 4.98 Å². The zero-order valence-electron chi connectivity index (χ0n) is 16.3. The maximum atomic E-state index is 12.7. The van der Waals surface area contributed by atoms with E-state index in [4.69, 9.17) is 9.47 Å². The van der Waals surface area contributed by atoms with Gasteiger partial charge in [-0.05, 0) is 32.9 Å². The summed E-state index contributed by atoms with van der Waals surface area (Å²) in [7, 11) is -1.34. The highest BCUT2D eigenvalue weighted by atomic mass is 32.2. The van der Waals surface area contributed by atoms with Gasteiger partial charge in [-0.25, -0.2) is 9.59 Å². The van der Waals surface area contributed by atoms with E-state index >= 15 is 0 Å². The first kappa shape index (κ1) is 21.6. The van der Waals surface area contributed by atoms with Crippen LogP contribution in [0.25, 0.3) is 0 Å². The number of carbonyl (C=O) groups excluding carboxylic acids is 3. The van der Waals surface area contributed by atoms with Gasteiger partial charge in [0.2, 0.25) is 5.78 Å². The van der Waals surface area contributed by atoms with Crippen molar-refractivity contribution in [3.63, 3.8) is 0 Å². The summed E-state index contributed by atoms with van der Waals surface area (Å²) < 4.78 is 22.3. The van der Waals surface area contributed by atoms with E-state index in [1.807, 2.05) is 0 Å². The van der Waals surface area contributed by atoms with E-state index in [1.54, 1.807) is 45.9 Å². The SMILES string of the molecule is CCOC(=O)c1c(C)[nH]c(C)c1C(=O)COC(=O)c1ccccc1[S@@](=O)CC. The quantitative estimate of drug-likeness (QED) is 0.535. The number of ether oxygens (including phenoxy) is 2. The minimum atomic E-state index is -1.34. The summed E-state index contributed by atoms with van der Waals surface area (Å²) in [6, 6.07) is 6.41. The lowest BCUT2D eigenvalue weighted by molar-refractivity contribution is 0.0468. The zero-order valence-corrected chi connectivity index (χ0v) is 17.1. The van der Waals surface area contributed by atoms with Crippen LogP contribution in [0.3, 0.4) is 0 Å². The Bertz CT molecular complexity index is 931. The van der Waals surface area contributed by atoms with Crippen molar-refractivity contribution >= 4 is 28.5 Å². The second-order valence-corrected chi connectivity index (χ2v) is 7.68. The summed E-state index contributed by atoms with van der Waals surface area (Å²) in [5, 5.41) is 0. The summed E-state index contributed by atoms with van der Waals surface area (Å²) in [5.41, 5.74) is 1.45. The van der Waals surface area contributed by atoms with E-state index in [0.29, 0.717) is 22.0 Å². The molecule has 28 heavy (non-hydrogen) atoms. The Morgan fingerprint density at radius 3 is 2.25 bits per heavy atom. The van der Waals surface area contributed by atoms with Gasteiger partial charge in [0.05, 0.1) is 39.0 Å². The molecule has 0 spiro atoms. The maximum absolute atomic E-state index is 12.7. The largest absolute Gasteiger partial charge is 0.462 e. The van der Waals surface area contributed by atoms with Crippen LogP contribution in [0.15, 0.2) is 29.2 Å². The number of ketones is 1. The van der Waals surface area contributed by atoms with Crippen LogP contribution in [0.4, 0.5) is 0 Å². The summed E-state index contributed by atoms with van der Waals surface area (Å²) in [5.74, 6) is -1.52. The van der Waals surface area contributed by atoms with Gasteiger partial charge in [-0.1, -0.05) is 19.1 Å². The second kappa shape index (κ2) is 9.45. The predicted octanol–water partition coefficient (Wildman–Crippen LogP) is 2.98. The molecule has 0 aliphatic carbocycles. The number of nitrogens with one attached hydrogen (secondary N) is 1. The lowest BCUT2D eigenvalue weighted by atomic mass is 10.1. The Balaban J connectivity index is 2.21. The van der Waals surface area contributed by atoms with Gasteiger partial charge in [0.15, 0.2) is 6.61 Å². The molecular weight excluding hydrogens is 382 g/mol. The number of carbonyl (C=O) groups is 3. The lowest BCUT2D eigenvalue weighted by Crippen LogP contribution is -2.19. The molecule has 0 fully saturated rings. The molecule has 0 saturated heterocycles. The van der Waals surface area contributed by atoms with Crippen LogP contribution in [0.2, 0.25) is 0 Å². The van der Waals surface area contributed by atoms with Crippen molar-refractivity contribution in [3.05, 3.63) is 52.3 Å². The van der Waals surface area contributed by atoms with E-state index in [0.717, 1.165) is 0 Å². The van der Waals surface area contributed by atoms with Crippen LogP contribution in [-0.2, 0) is 20.3 Å². The molecule has 0 saturated carbocycles. The van der Waals surface area contributed by atoms with Crippen molar-refractivity contribution < 1.29 is 28.1 Å². The number of esters is 2. The smallest absolute Gasteiger partial charge is 0.340 e. The fraction of sp³-hybridized carbons (Fsp3) is 0.350. The molecule has 150 valence electrons. The molecule has 1 heterocycles. The number of aromatic nitrogens is 1. The summed E-state index contributed by atoms with van der Waals surface area (Å²) in [6.45, 7) is 6.37. The molecule has 1 atom stereocenters. The maximum Gasteiger partial charge on any atom is 0.340 e. The van der Waals surface area contributed by atoms with Crippen molar-refractivity contribution in [2.24, 2.45) is 0 Å². The van der Waals surface area contributed by atoms with Gasteiger partial charge in [-0.2, -0.15) is 0 Å². The summed E-state index contributed by atoms with van der Waals surface area (Å²) in [6.07, 6.45) is 0. The number of hydrogen-bond donors (Lipinski definition) is 1. The topological polar surface area (TPSA) is 103 Å². The van der Waals surface area contributed by atoms with Gasteiger partial charge in [-0.3, -0.25) is 9.00 Å². The van der Waals surface area contributed by atoms with Crippen LogP contribution >= 0.6 is 0 Å². The molecule has 1 N–H and O–H groups in total. The molecule has 1 aromatic heterocycles. The Morgan fingerprint density at radius 2 is 1.61 bits per heavy atom. The highest BCUT2D eigenvalue weighted by molar-refractivity contribution is 7.85. The standard InChI is InChI=1S/C20H23NO6S/c1-5-26-20(24)18-13(4)21-12(3)17(18)15(22)11-27-19(23)14-9-7-8-10-16(14)28(25)6-2/h7-10,21H,5-6,11H2,1-4H3/t28-/m0/s1. The number of hydrogen-bond acceptors (Lipinski definition) is 6. The number of aryl methyl sites for hydroxylation is 2. The zero-order chi connectivity index (χ0) is 20.8. The molecule has 0 aliphatic heterocycles. The molecule has 0 radical (unpaired) electrons. The summed E-state index contributed by atoms with van der Waals surface area (Å²) >= 11 is 0. The van der Waals surface area contributed by atoms with Crippen LogP contribution in [0.5, 0.6) is 0 Å². The van der Waals surface area contributed by atoms with E-state index in [2.05, 4.69) is 4.98 Å². The van der Waals surface area contributed by atoms with E-state index in [1.165, 1.54) is 6.07 Å². The third kappa shape index (κ3) is 4.56. The average molecular weight is 405 g/mol. The molecule has 7 nitrogen and oxygen atoms in total. The Labute approximate surface area is 165 Å². The third-order valence-electron chi connectivity index (χ3n) is 4.08. The first-order valence-corrected chi connectivity index (χ1v) is 10.2. The minimum Gasteiger partial charge on any atom is -0.462 e. The van der Waals surface area contributed by atoms with Crippen molar-refractivity contribution in [1.29, 1.82) is 0 Å². The van der Waals surface area contributed by atoms with Crippen LogP contribution in [-0.4, -0.2) is 45.9 Å². The molecule has 0 unspecified atom stereocenters. The predicted molar refractivity (Wildman–Crippen MR) is 104 cm³/mol. The number of rotatable bonds is 8. The van der Waals surface area contributed by atoms with Crippen LogP contribution in [0.1, 0.15) is 56.3 Å². The Morgan fingerprint density at radius 1 is 0.964 bits per heavy atom. The molecule has 0 bridgehead atoms. The van der Waals surface area contributed by atoms with E-state index < -0.39 is 35.1 Å². The highest BCUT2D eigenvalue weighted by Crippen LogP contribution is 2.21. The molecular formula is C20H23NO6S. The van der Waals surface area contributed by atoms with Crippen LogP contribution < -0.4 is 0 Å². The van der Waals surface area contributed by atoms with Gasteiger partial charge < -0.3 is 14.5 Å². The number of Topliss-reactive ketones (excluding diaryl/α,β-unsaturated/α-hetero) is 1. The molecule has 2 rings (SSSR count). The van der Waals surface area contributed by atoms with Gasteiger partial charge in [0, 0.05) is 17.1 Å². The van der Waals surface area contributed by atoms with Crippen molar-refractivity contribution in [3.8, 4) is 0 Å². The van der Waals surface area contributed by atoms with Gasteiger partial charge in [0.1, 0.15) is 0 Å². The first-order valence-electron chi connectivity index (χ1n) is 8.85. The van der Waals surface area contributed by atoms with Crippen molar-refractivity contribution in [2.75, 3.05) is 19.0 Å². The van der Waals surface area contributed by atoms with E-state index in [-0.39, 0.29) is 23.3 Å². The molecule has 0 aliphatic rings. The van der Waals surface area contributed by atoms with E-state index in [9.17, 15) is 18.6 Å². The fourth-order valence-corrected chi connectivity index (χ4v) is 3.80. The van der Waals surface area contributed by atoms with Gasteiger partial charge in [0.25, 0.3) is 0 Å². The first-order chi connectivity index (χ1) is 13.3. The number of aromatic amines is 1. The third-order valence-corrected chi connectivity index (χ3v) is 5.45. The normalized spacial score (nSPS) is 11.7. The Hall–Kier alpha value is -2.74. The van der Waals surface area contributed by atoms with Crippen molar-refractivity contribution in [2.45, 2.75) is 32.6 Å². The molecule has 0 amide bonds. The highest BCUT2D eigenvalue weighted by Gasteiger charge is 2.26. The minimum absolute atomic E-state index is 0.146. The lowest BCUT2D eigenvalue weighted by Gasteiger charge is -2.09. The molecule has 8 heteroatoms. The van der Waals surface area contributed by atoms with Gasteiger partial charge in [-0.15, -0.1) is 0 Å². The molecule has 2 aromatic rings.